The zero-order chi connectivity index (χ0) is 17.1. The fourth-order valence-electron chi connectivity index (χ4n) is 3.45. The van der Waals surface area contributed by atoms with Crippen molar-refractivity contribution in [3.05, 3.63) is 42.0 Å². The number of nitrogens with zero attached hydrogens (tertiary/aromatic N) is 2. The third kappa shape index (κ3) is 3.52. The van der Waals surface area contributed by atoms with Gasteiger partial charge in [0.2, 0.25) is 5.91 Å². The van der Waals surface area contributed by atoms with Crippen LogP contribution in [0, 0.1) is 5.92 Å². The van der Waals surface area contributed by atoms with Crippen LogP contribution in [0.15, 0.2) is 36.4 Å². The lowest BCUT2D eigenvalue weighted by Gasteiger charge is -2.23. The molecule has 1 saturated heterocycles. The number of benzene rings is 2. The topological polar surface area (TPSA) is 58.8 Å². The van der Waals surface area contributed by atoms with Crippen LogP contribution in [0.2, 0.25) is 0 Å². The van der Waals surface area contributed by atoms with Gasteiger partial charge in [-0.3, -0.25) is 9.69 Å². The summed E-state index contributed by atoms with van der Waals surface area (Å²) in [4.78, 5) is 16.2. The van der Waals surface area contributed by atoms with Gasteiger partial charge in [0.1, 0.15) is 5.75 Å². The first kappa shape index (κ1) is 16.7. The van der Waals surface area contributed by atoms with Crippen molar-refractivity contribution in [3.63, 3.8) is 0 Å². The van der Waals surface area contributed by atoms with Gasteiger partial charge >= 0.3 is 0 Å². The second kappa shape index (κ2) is 7.20. The van der Waals surface area contributed by atoms with Crippen molar-refractivity contribution >= 4 is 16.7 Å². The van der Waals surface area contributed by atoms with Gasteiger partial charge < -0.3 is 15.4 Å². The number of fused-ring (bicyclic) bond motifs is 1. The molecule has 3 rings (SSSR count). The Hall–Kier alpha value is -2.11. The maximum Gasteiger partial charge on any atom is 0.223 e. The predicted molar refractivity (Wildman–Crippen MR) is 96.0 cm³/mol. The molecular weight excluding hydrogens is 302 g/mol. The van der Waals surface area contributed by atoms with Crippen LogP contribution in [-0.4, -0.2) is 56.0 Å². The van der Waals surface area contributed by atoms with E-state index in [-0.39, 0.29) is 11.8 Å². The highest BCUT2D eigenvalue weighted by Gasteiger charge is 2.25. The van der Waals surface area contributed by atoms with E-state index in [0.717, 1.165) is 37.3 Å². The second-order valence-electron chi connectivity index (χ2n) is 6.57. The molecule has 0 aromatic heterocycles. The lowest BCUT2D eigenvalue weighted by molar-refractivity contribution is -0.122. The molecule has 0 bridgehead atoms. The van der Waals surface area contributed by atoms with Crippen molar-refractivity contribution in [2.75, 3.05) is 40.3 Å². The molecule has 128 valence electrons. The first-order valence-electron chi connectivity index (χ1n) is 8.33. The van der Waals surface area contributed by atoms with Gasteiger partial charge in [0, 0.05) is 38.1 Å². The minimum absolute atomic E-state index is 0.123. The van der Waals surface area contributed by atoms with E-state index in [4.69, 9.17) is 10.5 Å². The largest absolute Gasteiger partial charge is 0.496 e. The summed E-state index contributed by atoms with van der Waals surface area (Å²) in [5.74, 6) is 0.551. The number of amides is 1. The van der Waals surface area contributed by atoms with Crippen LogP contribution in [0.5, 0.6) is 5.75 Å². The van der Waals surface area contributed by atoms with E-state index >= 15 is 0 Å². The van der Waals surface area contributed by atoms with E-state index in [2.05, 4.69) is 28.0 Å². The SMILES string of the molecule is COc1ccc(CN2CCN(C)C[C@H](C(N)=O)C2)c2ccccc12. The quantitative estimate of drug-likeness (QED) is 0.928. The molecule has 0 spiro atoms. The van der Waals surface area contributed by atoms with Crippen molar-refractivity contribution < 1.29 is 9.53 Å². The predicted octanol–water partition coefficient (Wildman–Crippen LogP) is 1.70. The lowest BCUT2D eigenvalue weighted by Crippen LogP contribution is -2.37. The highest BCUT2D eigenvalue weighted by atomic mass is 16.5. The summed E-state index contributed by atoms with van der Waals surface area (Å²) >= 11 is 0. The van der Waals surface area contributed by atoms with Crippen molar-refractivity contribution in [1.82, 2.24) is 9.80 Å². The van der Waals surface area contributed by atoms with E-state index in [1.807, 2.05) is 25.2 Å². The van der Waals surface area contributed by atoms with Gasteiger partial charge in [-0.2, -0.15) is 0 Å². The Morgan fingerprint density at radius 2 is 1.92 bits per heavy atom. The molecule has 1 heterocycles. The number of hydrogen-bond acceptors (Lipinski definition) is 4. The van der Waals surface area contributed by atoms with E-state index in [1.54, 1.807) is 7.11 Å². The van der Waals surface area contributed by atoms with E-state index in [9.17, 15) is 4.79 Å². The smallest absolute Gasteiger partial charge is 0.223 e. The highest BCUT2D eigenvalue weighted by molar-refractivity contribution is 5.91. The second-order valence-corrected chi connectivity index (χ2v) is 6.57. The summed E-state index contributed by atoms with van der Waals surface area (Å²) in [7, 11) is 3.74. The minimum Gasteiger partial charge on any atom is -0.496 e. The molecule has 1 amide bonds. The summed E-state index contributed by atoms with van der Waals surface area (Å²) in [5, 5.41) is 2.32. The molecular formula is C19H25N3O2. The summed E-state index contributed by atoms with van der Waals surface area (Å²) in [6.45, 7) is 4.12. The van der Waals surface area contributed by atoms with Crippen LogP contribution < -0.4 is 10.5 Å². The molecule has 1 aliphatic heterocycles. The summed E-state index contributed by atoms with van der Waals surface area (Å²) in [5.41, 5.74) is 6.82. The number of primary amides is 1. The Balaban J connectivity index is 1.87. The van der Waals surface area contributed by atoms with Gasteiger partial charge in [-0.15, -0.1) is 0 Å². The molecule has 5 nitrogen and oxygen atoms in total. The van der Waals surface area contributed by atoms with Crippen molar-refractivity contribution in [2.24, 2.45) is 11.7 Å². The number of hydrogen-bond donors (Lipinski definition) is 1. The standard InChI is InChI=1S/C19H25N3O2/c1-21-9-10-22(13-15(11-21)19(20)23)12-14-7-8-18(24-2)17-6-4-3-5-16(14)17/h3-8,15H,9-13H2,1-2H3,(H2,20,23)/t15-/m0/s1. The van der Waals surface area contributed by atoms with Crippen LogP contribution >= 0.6 is 0 Å². The van der Waals surface area contributed by atoms with E-state index in [0.29, 0.717) is 6.54 Å². The van der Waals surface area contributed by atoms with Gasteiger partial charge in [0.05, 0.1) is 13.0 Å². The van der Waals surface area contributed by atoms with Crippen LogP contribution in [-0.2, 0) is 11.3 Å². The Labute approximate surface area is 143 Å². The molecule has 0 saturated carbocycles. The number of likely N-dealkylation sites (N-methyl/N-ethyl adjacent to an activating group) is 1. The number of nitrogens with two attached hydrogens (primary N) is 1. The van der Waals surface area contributed by atoms with Crippen molar-refractivity contribution in [2.45, 2.75) is 6.54 Å². The zero-order valence-electron chi connectivity index (χ0n) is 14.4. The molecule has 2 N–H and O–H groups in total. The van der Waals surface area contributed by atoms with Gasteiger partial charge in [-0.25, -0.2) is 0 Å². The molecule has 24 heavy (non-hydrogen) atoms. The number of carbonyl (C=O) groups is 1. The number of ether oxygens (including phenoxy) is 1. The van der Waals surface area contributed by atoms with Crippen LogP contribution in [0.1, 0.15) is 5.56 Å². The van der Waals surface area contributed by atoms with Crippen LogP contribution in [0.3, 0.4) is 0 Å². The van der Waals surface area contributed by atoms with Crippen LogP contribution in [0.25, 0.3) is 10.8 Å². The van der Waals surface area contributed by atoms with Crippen molar-refractivity contribution in [3.8, 4) is 5.75 Å². The lowest BCUT2D eigenvalue weighted by atomic mass is 10.0. The number of carbonyl (C=O) groups excluding carboxylic acids is 1. The third-order valence-corrected chi connectivity index (χ3v) is 4.80. The number of methoxy groups -OCH3 is 1. The molecule has 1 atom stereocenters. The molecule has 2 aromatic carbocycles. The van der Waals surface area contributed by atoms with Gasteiger partial charge in [0.25, 0.3) is 0 Å². The molecule has 2 aromatic rings. The molecule has 0 aliphatic carbocycles. The maximum absolute atomic E-state index is 11.7. The minimum atomic E-state index is -0.215. The molecule has 1 aliphatic rings. The molecule has 0 radical (unpaired) electrons. The maximum atomic E-state index is 11.7. The molecule has 5 heteroatoms. The average molecular weight is 327 g/mol. The fraction of sp³-hybridized carbons (Fsp3) is 0.421. The first-order chi connectivity index (χ1) is 11.6. The van der Waals surface area contributed by atoms with E-state index < -0.39 is 0 Å². The monoisotopic (exact) mass is 327 g/mol. The average Bonchev–Trinajstić information content (AvgIpc) is 2.77. The normalized spacial score (nSPS) is 20.0. The van der Waals surface area contributed by atoms with Crippen LogP contribution in [0.4, 0.5) is 0 Å². The Kier molecular flexibility index (Phi) is 5.02. The van der Waals surface area contributed by atoms with Gasteiger partial charge in [-0.05, 0) is 24.1 Å². The Bertz CT molecular complexity index is 732. The summed E-state index contributed by atoms with van der Waals surface area (Å²) < 4.78 is 5.47. The first-order valence-corrected chi connectivity index (χ1v) is 8.33. The highest BCUT2D eigenvalue weighted by Crippen LogP contribution is 2.29. The third-order valence-electron chi connectivity index (χ3n) is 4.80. The summed E-state index contributed by atoms with van der Waals surface area (Å²) in [6.07, 6.45) is 0. The summed E-state index contributed by atoms with van der Waals surface area (Å²) in [6, 6.07) is 12.4. The van der Waals surface area contributed by atoms with Gasteiger partial charge in [-0.1, -0.05) is 30.3 Å². The zero-order valence-corrected chi connectivity index (χ0v) is 14.4. The van der Waals surface area contributed by atoms with E-state index in [1.165, 1.54) is 10.9 Å². The Morgan fingerprint density at radius 3 is 2.62 bits per heavy atom. The molecule has 0 unspecified atom stereocenters. The van der Waals surface area contributed by atoms with Gasteiger partial charge in [0.15, 0.2) is 0 Å². The number of rotatable bonds is 4. The van der Waals surface area contributed by atoms with Crippen molar-refractivity contribution in [1.29, 1.82) is 0 Å². The Morgan fingerprint density at radius 1 is 1.17 bits per heavy atom. The molecule has 1 fully saturated rings. The fourth-order valence-corrected chi connectivity index (χ4v) is 3.45.